The molecule has 1 unspecified atom stereocenters. The number of hydrogen-bond acceptors (Lipinski definition) is 2. The molecular formula is C14H20O2. The normalized spacial score (nSPS) is 14.9. The highest BCUT2D eigenvalue weighted by atomic mass is 16.7. The van der Waals surface area contributed by atoms with Crippen molar-refractivity contribution < 1.29 is 9.47 Å². The number of hydrogen-bond donors (Lipinski definition) is 0. The largest absolute Gasteiger partial charge is 0.470 e. The average molecular weight is 220 g/mol. The molecule has 1 rings (SSSR count). The second-order valence-electron chi connectivity index (χ2n) is 3.75. The summed E-state index contributed by atoms with van der Waals surface area (Å²) in [5, 5.41) is 0. The van der Waals surface area contributed by atoms with Gasteiger partial charge in [0.25, 0.3) is 0 Å². The maximum Gasteiger partial charge on any atom is 0.206 e. The third-order valence-corrected chi connectivity index (χ3v) is 2.47. The van der Waals surface area contributed by atoms with Gasteiger partial charge in [0.05, 0.1) is 6.26 Å². The van der Waals surface area contributed by atoms with Crippen molar-refractivity contribution in [3.8, 4) is 0 Å². The van der Waals surface area contributed by atoms with Crippen molar-refractivity contribution in [3.05, 3.63) is 42.2 Å². The van der Waals surface area contributed by atoms with Gasteiger partial charge < -0.3 is 9.47 Å². The number of rotatable bonds is 6. The fraction of sp³-hybridized carbons (Fsp3) is 0.429. The smallest absolute Gasteiger partial charge is 0.206 e. The predicted octanol–water partition coefficient (Wildman–Crippen LogP) is 3.84. The van der Waals surface area contributed by atoms with E-state index in [1.165, 1.54) is 0 Å². The molecule has 1 aromatic rings. The summed E-state index contributed by atoms with van der Waals surface area (Å²) in [4.78, 5) is 0. The van der Waals surface area contributed by atoms with E-state index in [0.717, 1.165) is 12.0 Å². The van der Waals surface area contributed by atoms with Gasteiger partial charge >= 0.3 is 0 Å². The molecule has 88 valence electrons. The molecule has 0 amide bonds. The van der Waals surface area contributed by atoms with Crippen LogP contribution in [0.5, 0.6) is 0 Å². The molecule has 0 spiro atoms. The summed E-state index contributed by atoms with van der Waals surface area (Å²) in [5.74, 6) is -0.514. The van der Waals surface area contributed by atoms with Crippen molar-refractivity contribution in [2.24, 2.45) is 0 Å². The third kappa shape index (κ3) is 4.07. The highest BCUT2D eigenvalue weighted by Crippen LogP contribution is 2.17. The van der Waals surface area contributed by atoms with Gasteiger partial charge in [-0.1, -0.05) is 37.3 Å². The monoisotopic (exact) mass is 220 g/mol. The maximum atomic E-state index is 5.62. The van der Waals surface area contributed by atoms with Gasteiger partial charge in [-0.25, -0.2) is 0 Å². The van der Waals surface area contributed by atoms with Crippen LogP contribution in [0.15, 0.2) is 36.6 Å². The van der Waals surface area contributed by atoms with E-state index < -0.39 is 5.79 Å². The SMILES string of the molecule is CCOC(C)(CC)OC=Cc1ccccc1. The van der Waals surface area contributed by atoms with Crippen LogP contribution >= 0.6 is 0 Å². The minimum absolute atomic E-state index is 0.514. The summed E-state index contributed by atoms with van der Waals surface area (Å²) in [7, 11) is 0. The van der Waals surface area contributed by atoms with E-state index in [1.54, 1.807) is 6.26 Å². The summed E-state index contributed by atoms with van der Waals surface area (Å²) in [5.41, 5.74) is 1.12. The third-order valence-electron chi connectivity index (χ3n) is 2.47. The average Bonchev–Trinajstić information content (AvgIpc) is 2.31. The molecule has 0 N–H and O–H groups in total. The first kappa shape index (κ1) is 12.8. The topological polar surface area (TPSA) is 18.5 Å². The Kier molecular flexibility index (Phi) is 5.06. The van der Waals surface area contributed by atoms with Crippen LogP contribution in [0.25, 0.3) is 6.08 Å². The molecule has 0 radical (unpaired) electrons. The van der Waals surface area contributed by atoms with Crippen molar-refractivity contribution in [1.82, 2.24) is 0 Å². The van der Waals surface area contributed by atoms with Crippen LogP contribution in [0.2, 0.25) is 0 Å². The first-order valence-electron chi connectivity index (χ1n) is 5.73. The van der Waals surface area contributed by atoms with E-state index in [-0.39, 0.29) is 0 Å². The molecule has 1 atom stereocenters. The fourth-order valence-corrected chi connectivity index (χ4v) is 1.35. The lowest BCUT2D eigenvalue weighted by Crippen LogP contribution is -2.29. The van der Waals surface area contributed by atoms with E-state index in [4.69, 9.17) is 9.47 Å². The summed E-state index contributed by atoms with van der Waals surface area (Å²) in [6.07, 6.45) is 4.46. The molecule has 16 heavy (non-hydrogen) atoms. The first-order valence-corrected chi connectivity index (χ1v) is 5.73. The predicted molar refractivity (Wildman–Crippen MR) is 66.9 cm³/mol. The van der Waals surface area contributed by atoms with Gasteiger partial charge in [0.15, 0.2) is 0 Å². The summed E-state index contributed by atoms with van der Waals surface area (Å²) in [6, 6.07) is 10.1. The lowest BCUT2D eigenvalue weighted by Gasteiger charge is -2.27. The minimum atomic E-state index is -0.514. The molecule has 0 aliphatic heterocycles. The molecule has 0 aliphatic rings. The Bertz CT molecular complexity index is 319. The van der Waals surface area contributed by atoms with Crippen molar-refractivity contribution in [1.29, 1.82) is 0 Å². The van der Waals surface area contributed by atoms with Crippen LogP contribution in [0.4, 0.5) is 0 Å². The van der Waals surface area contributed by atoms with Gasteiger partial charge in [0, 0.05) is 20.0 Å². The Morgan fingerprint density at radius 2 is 1.88 bits per heavy atom. The van der Waals surface area contributed by atoms with Gasteiger partial charge in [-0.05, 0) is 18.6 Å². The van der Waals surface area contributed by atoms with Gasteiger partial charge in [0.1, 0.15) is 0 Å². The van der Waals surface area contributed by atoms with Crippen LogP contribution in [0, 0.1) is 0 Å². The molecule has 2 nitrogen and oxygen atoms in total. The van der Waals surface area contributed by atoms with Crippen LogP contribution in [-0.4, -0.2) is 12.4 Å². The van der Waals surface area contributed by atoms with Crippen LogP contribution in [0.3, 0.4) is 0 Å². The van der Waals surface area contributed by atoms with E-state index in [0.29, 0.717) is 6.61 Å². The van der Waals surface area contributed by atoms with E-state index in [1.807, 2.05) is 57.2 Å². The lowest BCUT2D eigenvalue weighted by molar-refractivity contribution is -0.192. The van der Waals surface area contributed by atoms with E-state index >= 15 is 0 Å². The van der Waals surface area contributed by atoms with Gasteiger partial charge in [-0.3, -0.25) is 0 Å². The van der Waals surface area contributed by atoms with E-state index in [9.17, 15) is 0 Å². The molecule has 0 fully saturated rings. The Morgan fingerprint density at radius 3 is 2.44 bits per heavy atom. The molecule has 1 aromatic carbocycles. The summed E-state index contributed by atoms with van der Waals surface area (Å²) in [6.45, 7) is 6.62. The van der Waals surface area contributed by atoms with Crippen LogP contribution in [-0.2, 0) is 9.47 Å². The zero-order chi connectivity index (χ0) is 11.9. The van der Waals surface area contributed by atoms with Crippen LogP contribution < -0.4 is 0 Å². The minimum Gasteiger partial charge on any atom is -0.470 e. The van der Waals surface area contributed by atoms with Gasteiger partial charge in [-0.15, -0.1) is 0 Å². The van der Waals surface area contributed by atoms with Crippen LogP contribution in [0.1, 0.15) is 32.8 Å². The quantitative estimate of drug-likeness (QED) is 0.535. The molecule has 0 saturated carbocycles. The molecular weight excluding hydrogens is 200 g/mol. The zero-order valence-electron chi connectivity index (χ0n) is 10.3. The molecule has 0 bridgehead atoms. The molecule has 0 saturated heterocycles. The molecule has 0 heterocycles. The highest BCUT2D eigenvalue weighted by Gasteiger charge is 2.21. The molecule has 0 aliphatic carbocycles. The Balaban J connectivity index is 2.52. The maximum absolute atomic E-state index is 5.62. The fourth-order valence-electron chi connectivity index (χ4n) is 1.35. The number of benzene rings is 1. The van der Waals surface area contributed by atoms with Crippen molar-refractivity contribution in [2.45, 2.75) is 33.0 Å². The van der Waals surface area contributed by atoms with Crippen molar-refractivity contribution in [2.75, 3.05) is 6.61 Å². The van der Waals surface area contributed by atoms with Crippen molar-refractivity contribution >= 4 is 6.08 Å². The Labute approximate surface area is 97.9 Å². The van der Waals surface area contributed by atoms with Gasteiger partial charge in [-0.2, -0.15) is 0 Å². The zero-order valence-corrected chi connectivity index (χ0v) is 10.3. The second kappa shape index (κ2) is 6.33. The highest BCUT2D eigenvalue weighted by molar-refractivity contribution is 5.47. The number of ether oxygens (including phenoxy) is 2. The molecule has 0 aromatic heterocycles. The standard InChI is InChI=1S/C14H20O2/c1-4-14(3,15-5-2)16-12-11-13-9-7-6-8-10-13/h6-12H,4-5H2,1-3H3. The Morgan fingerprint density at radius 1 is 1.19 bits per heavy atom. The van der Waals surface area contributed by atoms with Gasteiger partial charge in [0.2, 0.25) is 5.79 Å². The summed E-state index contributed by atoms with van der Waals surface area (Å²) < 4.78 is 11.2. The molecule has 2 heteroatoms. The Hall–Kier alpha value is -1.28. The first-order chi connectivity index (χ1) is 7.70. The summed E-state index contributed by atoms with van der Waals surface area (Å²) >= 11 is 0. The second-order valence-corrected chi connectivity index (χ2v) is 3.75. The van der Waals surface area contributed by atoms with Crippen molar-refractivity contribution in [3.63, 3.8) is 0 Å². The van der Waals surface area contributed by atoms with E-state index in [2.05, 4.69) is 0 Å². The lowest BCUT2D eigenvalue weighted by atomic mass is 10.2.